The predicted octanol–water partition coefficient (Wildman–Crippen LogP) is -0.831. The van der Waals surface area contributed by atoms with E-state index in [0.29, 0.717) is 52.9 Å². The first-order valence-electron chi connectivity index (χ1n) is 7.53. The van der Waals surface area contributed by atoms with E-state index in [2.05, 4.69) is 0 Å². The molecule has 0 unspecified atom stereocenters. The SMILES string of the molecule is O=C1OCCOCCOCCOCCOCCOCCOC1=O. The summed E-state index contributed by atoms with van der Waals surface area (Å²) < 4.78 is 35.6. The monoisotopic (exact) mass is 336 g/mol. The molecule has 0 saturated carbocycles. The van der Waals surface area contributed by atoms with Crippen LogP contribution >= 0.6 is 0 Å². The molecule has 134 valence electrons. The van der Waals surface area contributed by atoms with E-state index in [4.69, 9.17) is 33.2 Å². The van der Waals surface area contributed by atoms with Crippen molar-refractivity contribution in [3.05, 3.63) is 0 Å². The predicted molar refractivity (Wildman–Crippen MR) is 76.0 cm³/mol. The van der Waals surface area contributed by atoms with E-state index in [0.717, 1.165) is 0 Å². The van der Waals surface area contributed by atoms with E-state index in [1.807, 2.05) is 0 Å². The van der Waals surface area contributed by atoms with Gasteiger partial charge in [0.25, 0.3) is 0 Å². The maximum atomic E-state index is 11.3. The minimum atomic E-state index is -1.05. The summed E-state index contributed by atoms with van der Waals surface area (Å²) in [4.78, 5) is 22.6. The first-order chi connectivity index (χ1) is 11.3. The number of carbonyl (C=O) groups is 2. The van der Waals surface area contributed by atoms with Crippen molar-refractivity contribution in [2.45, 2.75) is 0 Å². The third kappa shape index (κ3) is 11.9. The number of hydrogen-bond acceptors (Lipinski definition) is 9. The Kier molecular flexibility index (Phi) is 12.3. The summed E-state index contributed by atoms with van der Waals surface area (Å²) in [5.41, 5.74) is 0. The highest BCUT2D eigenvalue weighted by molar-refractivity contribution is 6.29. The van der Waals surface area contributed by atoms with Crippen LogP contribution in [0.3, 0.4) is 0 Å². The van der Waals surface area contributed by atoms with E-state index < -0.39 is 11.9 Å². The van der Waals surface area contributed by atoms with Crippen LogP contribution in [0, 0.1) is 0 Å². The number of esters is 2. The van der Waals surface area contributed by atoms with Crippen LogP contribution in [0.15, 0.2) is 0 Å². The maximum absolute atomic E-state index is 11.3. The van der Waals surface area contributed by atoms with Crippen molar-refractivity contribution in [3.8, 4) is 0 Å². The lowest BCUT2D eigenvalue weighted by Crippen LogP contribution is -2.24. The maximum Gasteiger partial charge on any atom is 0.417 e. The molecule has 9 nitrogen and oxygen atoms in total. The zero-order valence-electron chi connectivity index (χ0n) is 13.2. The molecule has 1 aliphatic heterocycles. The zero-order valence-corrected chi connectivity index (χ0v) is 13.2. The molecule has 0 bridgehead atoms. The summed E-state index contributed by atoms with van der Waals surface area (Å²) in [6.07, 6.45) is 0. The third-order valence-corrected chi connectivity index (χ3v) is 2.58. The van der Waals surface area contributed by atoms with Crippen LogP contribution in [-0.4, -0.2) is 91.2 Å². The first-order valence-corrected chi connectivity index (χ1v) is 7.53. The van der Waals surface area contributed by atoms with E-state index in [-0.39, 0.29) is 26.4 Å². The first kappa shape index (κ1) is 19.8. The summed E-state index contributed by atoms with van der Waals surface area (Å²) in [6.45, 7) is 3.76. The van der Waals surface area contributed by atoms with Crippen LogP contribution in [-0.2, 0) is 42.7 Å². The Labute approximate surface area is 135 Å². The lowest BCUT2D eigenvalue weighted by molar-refractivity contribution is -0.169. The molecule has 0 amide bonds. The molecule has 0 aromatic carbocycles. The van der Waals surface area contributed by atoms with Crippen molar-refractivity contribution in [1.82, 2.24) is 0 Å². The van der Waals surface area contributed by atoms with Gasteiger partial charge in [-0.05, 0) is 0 Å². The summed E-state index contributed by atoms with van der Waals surface area (Å²) in [7, 11) is 0. The molecule has 0 atom stereocenters. The highest BCUT2D eigenvalue weighted by atomic mass is 16.6. The van der Waals surface area contributed by atoms with E-state index in [9.17, 15) is 9.59 Å². The molecule has 23 heavy (non-hydrogen) atoms. The quantitative estimate of drug-likeness (QED) is 0.414. The topological polar surface area (TPSA) is 98.8 Å². The zero-order chi connectivity index (χ0) is 16.6. The van der Waals surface area contributed by atoms with Gasteiger partial charge in [0.05, 0.1) is 66.1 Å². The van der Waals surface area contributed by atoms with Gasteiger partial charge in [-0.3, -0.25) is 0 Å². The smallest absolute Gasteiger partial charge is 0.417 e. The second kappa shape index (κ2) is 14.3. The molecular weight excluding hydrogens is 312 g/mol. The number of ether oxygens (including phenoxy) is 7. The van der Waals surface area contributed by atoms with E-state index >= 15 is 0 Å². The van der Waals surface area contributed by atoms with Crippen LogP contribution in [0.2, 0.25) is 0 Å². The fourth-order valence-electron chi connectivity index (χ4n) is 1.49. The summed E-state index contributed by atoms with van der Waals surface area (Å²) in [5, 5.41) is 0. The van der Waals surface area contributed by atoms with Crippen LogP contribution in [0.5, 0.6) is 0 Å². The van der Waals surface area contributed by atoms with Crippen LogP contribution in [0.25, 0.3) is 0 Å². The standard InChI is InChI=1S/C14H24O9/c15-13-14(16)23-12-10-21-8-6-19-4-2-17-1-3-18-5-7-20-9-11-22-13/h1-12H2. The van der Waals surface area contributed by atoms with Crippen molar-refractivity contribution < 1.29 is 42.7 Å². The van der Waals surface area contributed by atoms with Gasteiger partial charge < -0.3 is 33.2 Å². The molecule has 1 heterocycles. The van der Waals surface area contributed by atoms with Gasteiger partial charge in [0.1, 0.15) is 13.2 Å². The molecular formula is C14H24O9. The van der Waals surface area contributed by atoms with Gasteiger partial charge in [0, 0.05) is 0 Å². The van der Waals surface area contributed by atoms with Gasteiger partial charge in [-0.1, -0.05) is 0 Å². The summed E-state index contributed by atoms with van der Waals surface area (Å²) >= 11 is 0. The molecule has 1 rings (SSSR count). The fourth-order valence-corrected chi connectivity index (χ4v) is 1.49. The lowest BCUT2D eigenvalue weighted by atomic mass is 10.6. The van der Waals surface area contributed by atoms with Crippen molar-refractivity contribution >= 4 is 11.9 Å². The second-order valence-electron chi connectivity index (χ2n) is 4.33. The normalized spacial score (nSPS) is 22.4. The van der Waals surface area contributed by atoms with Crippen molar-refractivity contribution in [3.63, 3.8) is 0 Å². The molecule has 1 saturated heterocycles. The Balaban J connectivity index is 2.19. The van der Waals surface area contributed by atoms with Crippen LogP contribution in [0.1, 0.15) is 0 Å². The molecule has 0 aromatic rings. The van der Waals surface area contributed by atoms with Crippen molar-refractivity contribution in [2.75, 3.05) is 79.3 Å². The average Bonchev–Trinajstić information content (AvgIpc) is 2.55. The van der Waals surface area contributed by atoms with E-state index in [1.54, 1.807) is 0 Å². The molecule has 0 spiro atoms. The molecule has 1 fully saturated rings. The number of carbonyl (C=O) groups excluding carboxylic acids is 2. The Hall–Kier alpha value is -1.26. The van der Waals surface area contributed by atoms with E-state index in [1.165, 1.54) is 0 Å². The number of rotatable bonds is 0. The molecule has 9 heteroatoms. The molecule has 0 N–H and O–H groups in total. The van der Waals surface area contributed by atoms with Gasteiger partial charge >= 0.3 is 11.9 Å². The number of cyclic esters (lactones) is 2. The average molecular weight is 336 g/mol. The molecule has 0 aliphatic carbocycles. The lowest BCUT2D eigenvalue weighted by Gasteiger charge is -2.07. The Morgan fingerprint density at radius 2 is 0.609 bits per heavy atom. The Morgan fingerprint density at radius 3 is 0.870 bits per heavy atom. The highest BCUT2D eigenvalue weighted by Gasteiger charge is 2.16. The van der Waals surface area contributed by atoms with Crippen LogP contribution in [0.4, 0.5) is 0 Å². The molecule has 0 aromatic heterocycles. The fraction of sp³-hybridized carbons (Fsp3) is 0.857. The minimum absolute atomic E-state index is 0.0229. The van der Waals surface area contributed by atoms with Gasteiger partial charge in [0.2, 0.25) is 0 Å². The van der Waals surface area contributed by atoms with Gasteiger partial charge in [-0.25, -0.2) is 9.59 Å². The third-order valence-electron chi connectivity index (χ3n) is 2.58. The second-order valence-corrected chi connectivity index (χ2v) is 4.33. The Bertz CT molecular complexity index is 291. The largest absolute Gasteiger partial charge is 0.455 e. The van der Waals surface area contributed by atoms with Gasteiger partial charge in [-0.2, -0.15) is 0 Å². The van der Waals surface area contributed by atoms with Crippen LogP contribution < -0.4 is 0 Å². The minimum Gasteiger partial charge on any atom is -0.455 e. The molecule has 1 aliphatic rings. The molecule has 0 radical (unpaired) electrons. The van der Waals surface area contributed by atoms with Crippen molar-refractivity contribution in [2.24, 2.45) is 0 Å². The Morgan fingerprint density at radius 1 is 0.391 bits per heavy atom. The van der Waals surface area contributed by atoms with Crippen molar-refractivity contribution in [1.29, 1.82) is 0 Å². The summed E-state index contributed by atoms with van der Waals surface area (Å²) in [6, 6.07) is 0. The highest BCUT2D eigenvalue weighted by Crippen LogP contribution is 1.89. The summed E-state index contributed by atoms with van der Waals surface area (Å²) in [5.74, 6) is -2.09. The number of hydrogen-bond donors (Lipinski definition) is 0. The van der Waals surface area contributed by atoms with Gasteiger partial charge in [-0.15, -0.1) is 0 Å². The van der Waals surface area contributed by atoms with Gasteiger partial charge in [0.15, 0.2) is 0 Å².